The summed E-state index contributed by atoms with van der Waals surface area (Å²) in [6.45, 7) is 5.74. The highest BCUT2D eigenvalue weighted by Crippen LogP contribution is 2.24. The van der Waals surface area contributed by atoms with Crippen molar-refractivity contribution in [3.63, 3.8) is 0 Å². The van der Waals surface area contributed by atoms with Gasteiger partial charge in [-0.2, -0.15) is 0 Å². The van der Waals surface area contributed by atoms with Crippen molar-refractivity contribution >= 4 is 17.4 Å². The van der Waals surface area contributed by atoms with Gasteiger partial charge in [0.1, 0.15) is 0 Å². The number of benzene rings is 1. The number of aromatic nitrogens is 1. The van der Waals surface area contributed by atoms with Crippen LogP contribution in [0.1, 0.15) is 31.1 Å². The second-order valence-electron chi connectivity index (χ2n) is 5.52. The summed E-state index contributed by atoms with van der Waals surface area (Å²) in [6, 6.07) is 11.0. The van der Waals surface area contributed by atoms with Gasteiger partial charge in [-0.25, -0.2) is 0 Å². The molecule has 0 N–H and O–H groups in total. The van der Waals surface area contributed by atoms with Crippen LogP contribution in [0.15, 0.2) is 42.6 Å². The first-order valence-corrected chi connectivity index (χ1v) is 6.52. The van der Waals surface area contributed by atoms with E-state index in [0.29, 0.717) is 10.6 Å². The summed E-state index contributed by atoms with van der Waals surface area (Å²) in [6.07, 6.45) is 1.67. The lowest BCUT2D eigenvalue weighted by molar-refractivity contribution is 0.0858. The Morgan fingerprint density at radius 2 is 1.74 bits per heavy atom. The minimum Gasteiger partial charge on any atom is -0.294 e. The van der Waals surface area contributed by atoms with Crippen LogP contribution < -0.4 is 0 Å². The van der Waals surface area contributed by atoms with Crippen molar-refractivity contribution in [2.24, 2.45) is 5.41 Å². The lowest BCUT2D eigenvalue weighted by atomic mass is 9.86. The Labute approximate surface area is 118 Å². The maximum Gasteiger partial charge on any atom is 0.168 e. The number of pyridine rings is 1. The highest BCUT2D eigenvalue weighted by molar-refractivity contribution is 6.30. The van der Waals surface area contributed by atoms with Crippen molar-refractivity contribution in [3.8, 4) is 11.3 Å². The maximum absolute atomic E-state index is 12.3. The number of rotatable bonds is 2. The van der Waals surface area contributed by atoms with Gasteiger partial charge in [0.2, 0.25) is 0 Å². The molecule has 0 amide bonds. The van der Waals surface area contributed by atoms with Gasteiger partial charge < -0.3 is 0 Å². The fourth-order valence-corrected chi connectivity index (χ4v) is 1.91. The third-order valence-electron chi connectivity index (χ3n) is 2.84. The molecule has 2 rings (SSSR count). The van der Waals surface area contributed by atoms with Crippen LogP contribution in [0.4, 0.5) is 0 Å². The van der Waals surface area contributed by atoms with Crippen LogP contribution in [0.2, 0.25) is 5.02 Å². The molecule has 0 saturated heterocycles. The van der Waals surface area contributed by atoms with Gasteiger partial charge in [-0.05, 0) is 24.3 Å². The average Bonchev–Trinajstić information content (AvgIpc) is 2.38. The first-order chi connectivity index (χ1) is 8.88. The molecule has 98 valence electrons. The van der Waals surface area contributed by atoms with Gasteiger partial charge in [0.05, 0.1) is 5.69 Å². The number of ketones is 1. The maximum atomic E-state index is 12.3. The van der Waals surface area contributed by atoms with Gasteiger partial charge >= 0.3 is 0 Å². The summed E-state index contributed by atoms with van der Waals surface area (Å²) in [7, 11) is 0. The lowest BCUT2D eigenvalue weighted by Gasteiger charge is -2.16. The number of carbonyl (C=O) groups excluding carboxylic acids is 1. The predicted molar refractivity (Wildman–Crippen MR) is 78.5 cm³/mol. The minimum absolute atomic E-state index is 0.116. The SMILES string of the molecule is CC(C)(C)C(=O)c1ccnc(-c2ccc(Cl)cc2)c1. The molecule has 0 saturated carbocycles. The molecule has 3 heteroatoms. The zero-order valence-electron chi connectivity index (χ0n) is 11.3. The molecule has 0 aliphatic heterocycles. The van der Waals surface area contributed by atoms with Crippen LogP contribution in [0, 0.1) is 5.41 Å². The van der Waals surface area contributed by atoms with Gasteiger partial charge in [-0.1, -0.05) is 44.5 Å². The number of halogens is 1. The molecular formula is C16H16ClNO. The second kappa shape index (κ2) is 5.14. The summed E-state index contributed by atoms with van der Waals surface area (Å²) in [5.41, 5.74) is 2.03. The molecule has 0 radical (unpaired) electrons. The molecule has 19 heavy (non-hydrogen) atoms. The third kappa shape index (κ3) is 3.21. The highest BCUT2D eigenvalue weighted by atomic mass is 35.5. The zero-order chi connectivity index (χ0) is 14.0. The summed E-state index contributed by atoms with van der Waals surface area (Å²) in [5.74, 6) is 0.116. The topological polar surface area (TPSA) is 30.0 Å². The Kier molecular flexibility index (Phi) is 3.72. The molecule has 0 spiro atoms. The molecule has 0 bridgehead atoms. The molecule has 0 atom stereocenters. The number of nitrogens with zero attached hydrogens (tertiary/aromatic N) is 1. The third-order valence-corrected chi connectivity index (χ3v) is 3.10. The van der Waals surface area contributed by atoms with Crippen LogP contribution >= 0.6 is 11.6 Å². The first-order valence-electron chi connectivity index (χ1n) is 6.15. The fraction of sp³-hybridized carbons (Fsp3) is 0.250. The average molecular weight is 274 g/mol. The quantitative estimate of drug-likeness (QED) is 0.747. The van der Waals surface area contributed by atoms with E-state index >= 15 is 0 Å². The Hall–Kier alpha value is -1.67. The predicted octanol–water partition coefficient (Wildman–Crippen LogP) is 4.63. The number of Topliss-reactive ketones (excluding diaryl/α,β-unsaturated/α-hetero) is 1. The van der Waals surface area contributed by atoms with E-state index in [1.807, 2.05) is 51.1 Å². The Morgan fingerprint density at radius 1 is 1.11 bits per heavy atom. The smallest absolute Gasteiger partial charge is 0.168 e. The largest absolute Gasteiger partial charge is 0.294 e. The molecule has 0 fully saturated rings. The van der Waals surface area contributed by atoms with E-state index in [0.717, 1.165) is 11.3 Å². The molecule has 2 aromatic rings. The second-order valence-corrected chi connectivity index (χ2v) is 5.95. The number of carbonyl (C=O) groups is 1. The van der Waals surface area contributed by atoms with E-state index in [9.17, 15) is 4.79 Å². The summed E-state index contributed by atoms with van der Waals surface area (Å²) < 4.78 is 0. The van der Waals surface area contributed by atoms with Crippen molar-refractivity contribution < 1.29 is 4.79 Å². The van der Waals surface area contributed by atoms with E-state index in [1.165, 1.54) is 0 Å². The van der Waals surface area contributed by atoms with Crippen LogP contribution in [0.25, 0.3) is 11.3 Å². The summed E-state index contributed by atoms with van der Waals surface area (Å²) in [4.78, 5) is 16.6. The number of hydrogen-bond acceptors (Lipinski definition) is 2. The molecule has 1 aromatic carbocycles. The highest BCUT2D eigenvalue weighted by Gasteiger charge is 2.23. The molecule has 0 unspecified atom stereocenters. The van der Waals surface area contributed by atoms with Gasteiger partial charge in [0.15, 0.2) is 5.78 Å². The minimum atomic E-state index is -0.390. The van der Waals surface area contributed by atoms with E-state index < -0.39 is 5.41 Å². The molecule has 0 aliphatic carbocycles. The van der Waals surface area contributed by atoms with E-state index in [4.69, 9.17) is 11.6 Å². The standard InChI is InChI=1S/C16H16ClNO/c1-16(2,3)15(19)12-8-9-18-14(10-12)11-4-6-13(17)7-5-11/h4-10H,1-3H3. The van der Waals surface area contributed by atoms with Gasteiger partial charge in [0, 0.05) is 27.8 Å². The monoisotopic (exact) mass is 273 g/mol. The lowest BCUT2D eigenvalue weighted by Crippen LogP contribution is -2.20. The molecular weight excluding hydrogens is 258 g/mol. The van der Waals surface area contributed by atoms with Crippen molar-refractivity contribution in [1.82, 2.24) is 4.98 Å². The summed E-state index contributed by atoms with van der Waals surface area (Å²) >= 11 is 5.87. The van der Waals surface area contributed by atoms with Crippen molar-refractivity contribution in [1.29, 1.82) is 0 Å². The Morgan fingerprint density at radius 3 is 2.32 bits per heavy atom. The molecule has 1 aromatic heterocycles. The molecule has 2 nitrogen and oxygen atoms in total. The van der Waals surface area contributed by atoms with Gasteiger partial charge in [0.25, 0.3) is 0 Å². The zero-order valence-corrected chi connectivity index (χ0v) is 12.0. The first kappa shape index (κ1) is 13.8. The van der Waals surface area contributed by atoms with E-state index in [-0.39, 0.29) is 5.78 Å². The normalized spacial score (nSPS) is 11.4. The molecule has 0 aliphatic rings. The Bertz CT molecular complexity index is 597. The van der Waals surface area contributed by atoms with Crippen LogP contribution in [0.5, 0.6) is 0 Å². The van der Waals surface area contributed by atoms with Crippen molar-refractivity contribution in [3.05, 3.63) is 53.2 Å². The van der Waals surface area contributed by atoms with Crippen molar-refractivity contribution in [2.45, 2.75) is 20.8 Å². The van der Waals surface area contributed by atoms with Gasteiger partial charge in [-0.15, -0.1) is 0 Å². The van der Waals surface area contributed by atoms with Crippen LogP contribution in [0.3, 0.4) is 0 Å². The van der Waals surface area contributed by atoms with E-state index in [2.05, 4.69) is 4.98 Å². The molecule has 1 heterocycles. The van der Waals surface area contributed by atoms with Crippen LogP contribution in [-0.2, 0) is 0 Å². The van der Waals surface area contributed by atoms with Gasteiger partial charge in [-0.3, -0.25) is 9.78 Å². The fourth-order valence-electron chi connectivity index (χ4n) is 1.78. The van der Waals surface area contributed by atoms with Crippen molar-refractivity contribution in [2.75, 3.05) is 0 Å². The van der Waals surface area contributed by atoms with Crippen LogP contribution in [-0.4, -0.2) is 10.8 Å². The number of hydrogen-bond donors (Lipinski definition) is 0. The Balaban J connectivity index is 2.40. The summed E-state index contributed by atoms with van der Waals surface area (Å²) in [5, 5.41) is 0.686. The van der Waals surface area contributed by atoms with E-state index in [1.54, 1.807) is 12.3 Å².